The minimum absolute atomic E-state index is 0.224. The van der Waals surface area contributed by atoms with Crippen LogP contribution in [0.2, 0.25) is 0 Å². The summed E-state index contributed by atoms with van der Waals surface area (Å²) in [6.07, 6.45) is 3.16. The Morgan fingerprint density at radius 1 is 0.731 bits per heavy atom. The molecule has 0 aromatic heterocycles. The van der Waals surface area contributed by atoms with Crippen LogP contribution in [0, 0.1) is 0 Å². The molecule has 26 heavy (non-hydrogen) atoms. The van der Waals surface area contributed by atoms with Gasteiger partial charge in [0.2, 0.25) is 5.75 Å². The van der Waals surface area contributed by atoms with E-state index in [1.54, 1.807) is 44.6 Å². The largest absolute Gasteiger partial charge is 0.493 e. The van der Waals surface area contributed by atoms with Gasteiger partial charge < -0.3 is 23.7 Å². The van der Waals surface area contributed by atoms with Crippen molar-refractivity contribution in [1.82, 2.24) is 0 Å². The highest BCUT2D eigenvalue weighted by atomic mass is 16.5. The minimum atomic E-state index is -0.224. The number of ketones is 1. The fourth-order valence-electron chi connectivity index (χ4n) is 2.51. The molecule has 0 bridgehead atoms. The lowest BCUT2D eigenvalue weighted by Gasteiger charge is -2.14. The molecule has 0 unspecified atom stereocenters. The van der Waals surface area contributed by atoms with Gasteiger partial charge in [0.25, 0.3) is 0 Å². The molecule has 0 heterocycles. The summed E-state index contributed by atoms with van der Waals surface area (Å²) in [5, 5.41) is 0. The van der Waals surface area contributed by atoms with Crippen molar-refractivity contribution < 1.29 is 28.5 Å². The molecule has 0 aliphatic rings. The van der Waals surface area contributed by atoms with Crippen LogP contribution in [0.25, 0.3) is 6.08 Å². The molecule has 0 radical (unpaired) electrons. The van der Waals surface area contributed by atoms with Gasteiger partial charge in [0.15, 0.2) is 28.8 Å². The first-order valence-electron chi connectivity index (χ1n) is 7.83. The average Bonchev–Trinajstić information content (AvgIpc) is 2.70. The van der Waals surface area contributed by atoms with E-state index >= 15 is 0 Å². The van der Waals surface area contributed by atoms with Gasteiger partial charge in [-0.1, -0.05) is 12.1 Å². The van der Waals surface area contributed by atoms with Gasteiger partial charge in [0.05, 0.1) is 41.1 Å². The van der Waals surface area contributed by atoms with Crippen LogP contribution in [0.5, 0.6) is 28.7 Å². The lowest BCUT2D eigenvalue weighted by Crippen LogP contribution is -2.02. The zero-order valence-corrected chi connectivity index (χ0v) is 15.5. The van der Waals surface area contributed by atoms with Gasteiger partial charge >= 0.3 is 0 Å². The number of carbonyl (C=O) groups is 1. The molecule has 2 aromatic rings. The van der Waals surface area contributed by atoms with Crippen molar-refractivity contribution in [2.75, 3.05) is 35.5 Å². The average molecular weight is 358 g/mol. The summed E-state index contributed by atoms with van der Waals surface area (Å²) in [6.45, 7) is 0. The third-order valence-electron chi connectivity index (χ3n) is 3.80. The van der Waals surface area contributed by atoms with E-state index < -0.39 is 0 Å². The van der Waals surface area contributed by atoms with Crippen LogP contribution in [0.4, 0.5) is 0 Å². The van der Waals surface area contributed by atoms with E-state index in [9.17, 15) is 4.79 Å². The molecule has 0 fully saturated rings. The molecular formula is C20H22O6. The van der Waals surface area contributed by atoms with Crippen molar-refractivity contribution in [2.24, 2.45) is 0 Å². The molecule has 2 aromatic carbocycles. The summed E-state index contributed by atoms with van der Waals surface area (Å²) < 4.78 is 26.4. The Balaban J connectivity index is 2.34. The number of benzene rings is 2. The molecule has 0 aliphatic heterocycles. The van der Waals surface area contributed by atoms with E-state index in [0.717, 1.165) is 5.56 Å². The molecule has 0 atom stereocenters. The second-order valence-corrected chi connectivity index (χ2v) is 5.19. The summed E-state index contributed by atoms with van der Waals surface area (Å²) in [5.41, 5.74) is 1.18. The Morgan fingerprint density at radius 2 is 1.35 bits per heavy atom. The highest BCUT2D eigenvalue weighted by Gasteiger charge is 2.19. The first-order valence-corrected chi connectivity index (χ1v) is 7.83. The third kappa shape index (κ3) is 3.91. The number of allylic oxidation sites excluding steroid dienone is 1. The van der Waals surface area contributed by atoms with E-state index in [1.165, 1.54) is 27.4 Å². The molecule has 6 nitrogen and oxygen atoms in total. The summed E-state index contributed by atoms with van der Waals surface area (Å²) in [4.78, 5) is 12.6. The van der Waals surface area contributed by atoms with Crippen LogP contribution in [0.15, 0.2) is 36.4 Å². The van der Waals surface area contributed by atoms with Crippen LogP contribution >= 0.6 is 0 Å². The SMILES string of the molecule is COc1ccc(/C=C/C(=O)c2ccc(OC)c(OC)c2OC)cc1OC. The topological polar surface area (TPSA) is 63.2 Å². The van der Waals surface area contributed by atoms with E-state index in [-0.39, 0.29) is 5.78 Å². The zero-order chi connectivity index (χ0) is 19.1. The van der Waals surface area contributed by atoms with Gasteiger partial charge in [0.1, 0.15) is 0 Å². The number of hydrogen-bond acceptors (Lipinski definition) is 6. The zero-order valence-electron chi connectivity index (χ0n) is 15.5. The third-order valence-corrected chi connectivity index (χ3v) is 3.80. The maximum Gasteiger partial charge on any atom is 0.204 e. The van der Waals surface area contributed by atoms with Gasteiger partial charge in [-0.2, -0.15) is 0 Å². The standard InChI is InChI=1S/C20H22O6/c1-22-16-10-7-13(12-18(16)24-3)6-9-15(21)14-8-11-17(23-2)20(26-5)19(14)25-4/h6-12H,1-5H3/b9-6+. The first kappa shape index (κ1) is 19.2. The van der Waals surface area contributed by atoms with Crippen LogP contribution in [-0.2, 0) is 0 Å². The molecule has 0 N–H and O–H groups in total. The van der Waals surface area contributed by atoms with Crippen LogP contribution in [-0.4, -0.2) is 41.3 Å². The van der Waals surface area contributed by atoms with Crippen molar-refractivity contribution in [1.29, 1.82) is 0 Å². The molecule has 6 heteroatoms. The Hall–Kier alpha value is -3.15. The molecule has 0 aliphatic carbocycles. The van der Waals surface area contributed by atoms with Crippen LogP contribution in [0.1, 0.15) is 15.9 Å². The van der Waals surface area contributed by atoms with Gasteiger partial charge in [0, 0.05) is 0 Å². The fraction of sp³-hybridized carbons (Fsp3) is 0.250. The Morgan fingerprint density at radius 3 is 1.92 bits per heavy atom. The summed E-state index contributed by atoms with van der Waals surface area (Å²) in [6, 6.07) is 8.70. The minimum Gasteiger partial charge on any atom is -0.493 e. The van der Waals surface area contributed by atoms with Crippen molar-refractivity contribution in [2.45, 2.75) is 0 Å². The predicted octanol–water partition coefficient (Wildman–Crippen LogP) is 3.63. The second-order valence-electron chi connectivity index (χ2n) is 5.19. The summed E-state index contributed by atoms with van der Waals surface area (Å²) >= 11 is 0. The van der Waals surface area contributed by atoms with Gasteiger partial charge in [-0.25, -0.2) is 0 Å². The first-order chi connectivity index (χ1) is 12.6. The monoisotopic (exact) mass is 358 g/mol. The Bertz CT molecular complexity index is 810. The van der Waals surface area contributed by atoms with Crippen LogP contribution in [0.3, 0.4) is 0 Å². The van der Waals surface area contributed by atoms with E-state index in [4.69, 9.17) is 23.7 Å². The highest BCUT2D eigenvalue weighted by molar-refractivity contribution is 6.09. The van der Waals surface area contributed by atoms with Gasteiger partial charge in [-0.15, -0.1) is 0 Å². The molecule has 0 saturated heterocycles. The van der Waals surface area contributed by atoms with E-state index in [1.807, 2.05) is 6.07 Å². The number of rotatable bonds is 8. The molecule has 0 spiro atoms. The van der Waals surface area contributed by atoms with Gasteiger partial charge in [-0.3, -0.25) is 4.79 Å². The number of hydrogen-bond donors (Lipinski definition) is 0. The molecule has 0 saturated carbocycles. The molecule has 138 valence electrons. The smallest absolute Gasteiger partial charge is 0.204 e. The van der Waals surface area contributed by atoms with Crippen molar-refractivity contribution in [3.8, 4) is 28.7 Å². The molecular weight excluding hydrogens is 336 g/mol. The van der Waals surface area contributed by atoms with Crippen LogP contribution < -0.4 is 23.7 Å². The highest BCUT2D eigenvalue weighted by Crippen LogP contribution is 2.40. The van der Waals surface area contributed by atoms with Crippen molar-refractivity contribution in [3.63, 3.8) is 0 Å². The second kappa shape index (κ2) is 8.80. The predicted molar refractivity (Wildman–Crippen MR) is 99.0 cm³/mol. The van der Waals surface area contributed by atoms with Crippen molar-refractivity contribution in [3.05, 3.63) is 47.5 Å². The fourth-order valence-corrected chi connectivity index (χ4v) is 2.51. The number of ether oxygens (including phenoxy) is 5. The van der Waals surface area contributed by atoms with Gasteiger partial charge in [-0.05, 0) is 35.9 Å². The maximum absolute atomic E-state index is 12.6. The van der Waals surface area contributed by atoms with Crippen molar-refractivity contribution >= 4 is 11.9 Å². The quantitative estimate of drug-likeness (QED) is 0.530. The number of methoxy groups -OCH3 is 5. The lowest BCUT2D eigenvalue weighted by molar-refractivity contribution is 0.104. The molecule has 0 amide bonds. The molecule has 2 rings (SSSR count). The summed E-state index contributed by atoms with van der Waals surface area (Å²) in [7, 11) is 7.63. The number of carbonyl (C=O) groups excluding carboxylic acids is 1. The normalized spacial score (nSPS) is 10.5. The summed E-state index contributed by atoms with van der Waals surface area (Å²) in [5.74, 6) is 2.18. The van der Waals surface area contributed by atoms with E-state index in [0.29, 0.717) is 34.3 Å². The Kier molecular flexibility index (Phi) is 6.49. The maximum atomic E-state index is 12.6. The lowest BCUT2D eigenvalue weighted by atomic mass is 10.1. The van der Waals surface area contributed by atoms with E-state index in [2.05, 4.69) is 0 Å². The Labute approximate surface area is 152 Å².